The maximum absolute atomic E-state index is 2.38. The number of nitrogens with zero attached hydrogens (tertiary/aromatic N) is 1. The number of fused-ring (bicyclic) bond motifs is 6. The number of benzene rings is 5. The minimum atomic E-state index is 1.23. The molecule has 5 aromatic carbocycles. The quantitative estimate of drug-likeness (QED) is 0.204. The van der Waals surface area contributed by atoms with E-state index in [1.807, 2.05) is 0 Å². The second kappa shape index (κ2) is 7.32. The van der Waals surface area contributed by atoms with Crippen LogP contribution >= 0.6 is 0 Å². The molecule has 0 N–H and O–H groups in total. The van der Waals surface area contributed by atoms with E-state index in [4.69, 9.17) is 0 Å². The normalized spacial score (nSPS) is 11.4. The summed E-state index contributed by atoms with van der Waals surface area (Å²) in [6, 6.07) is 37.3. The van der Waals surface area contributed by atoms with E-state index in [1.54, 1.807) is 0 Å². The van der Waals surface area contributed by atoms with Crippen molar-refractivity contribution in [3.63, 3.8) is 0 Å². The zero-order valence-corrected chi connectivity index (χ0v) is 18.3. The van der Waals surface area contributed by atoms with E-state index in [0.29, 0.717) is 0 Å². The summed E-state index contributed by atoms with van der Waals surface area (Å²) in [5, 5.41) is 7.83. The summed E-state index contributed by atoms with van der Waals surface area (Å²) in [4.78, 5) is 0. The van der Waals surface area contributed by atoms with E-state index in [2.05, 4.69) is 128 Å². The molecular formula is C31H24N+. The maximum Gasteiger partial charge on any atom is 0.213 e. The van der Waals surface area contributed by atoms with Crippen molar-refractivity contribution in [2.45, 2.75) is 6.92 Å². The lowest BCUT2D eigenvalue weighted by Gasteiger charge is -2.12. The Bertz CT molecular complexity index is 1630. The topological polar surface area (TPSA) is 3.88 Å². The Hall–Kier alpha value is -3.97. The van der Waals surface area contributed by atoms with Crippen molar-refractivity contribution in [3.8, 4) is 22.4 Å². The van der Waals surface area contributed by atoms with Crippen molar-refractivity contribution >= 4 is 32.3 Å². The van der Waals surface area contributed by atoms with Gasteiger partial charge >= 0.3 is 0 Å². The van der Waals surface area contributed by atoms with Crippen molar-refractivity contribution in [1.82, 2.24) is 0 Å². The van der Waals surface area contributed by atoms with Gasteiger partial charge in [0.25, 0.3) is 0 Å². The average molecular weight is 411 g/mol. The van der Waals surface area contributed by atoms with Gasteiger partial charge in [0.1, 0.15) is 7.05 Å². The van der Waals surface area contributed by atoms with Crippen LogP contribution in [0.2, 0.25) is 0 Å². The van der Waals surface area contributed by atoms with Gasteiger partial charge in [0.15, 0.2) is 6.20 Å². The molecule has 0 saturated carbocycles. The molecule has 152 valence electrons. The highest BCUT2D eigenvalue weighted by atomic mass is 14.9. The molecule has 1 aromatic heterocycles. The van der Waals surface area contributed by atoms with Crippen molar-refractivity contribution < 1.29 is 4.57 Å². The number of rotatable bonds is 2. The number of pyridine rings is 1. The summed E-state index contributed by atoms with van der Waals surface area (Å²) in [6.07, 6.45) is 2.30. The third-order valence-corrected chi connectivity index (χ3v) is 6.62. The first-order valence-corrected chi connectivity index (χ1v) is 11.1. The first kappa shape index (κ1) is 18.8. The molecule has 0 aliphatic carbocycles. The van der Waals surface area contributed by atoms with Gasteiger partial charge in [-0.3, -0.25) is 0 Å². The van der Waals surface area contributed by atoms with Gasteiger partial charge in [-0.25, -0.2) is 4.57 Å². The molecule has 0 atom stereocenters. The molecule has 1 nitrogen and oxygen atoms in total. The van der Waals surface area contributed by atoms with E-state index in [-0.39, 0.29) is 0 Å². The predicted molar refractivity (Wildman–Crippen MR) is 136 cm³/mol. The van der Waals surface area contributed by atoms with Crippen molar-refractivity contribution in [2.24, 2.45) is 7.05 Å². The summed E-state index contributed by atoms with van der Waals surface area (Å²) < 4.78 is 2.28. The molecule has 0 aliphatic heterocycles. The molecule has 0 amide bonds. The van der Waals surface area contributed by atoms with Crippen molar-refractivity contribution in [2.75, 3.05) is 0 Å². The Balaban J connectivity index is 1.68. The zero-order chi connectivity index (χ0) is 21.7. The van der Waals surface area contributed by atoms with Crippen LogP contribution in [0.25, 0.3) is 54.7 Å². The minimum absolute atomic E-state index is 1.23. The van der Waals surface area contributed by atoms with Gasteiger partial charge < -0.3 is 0 Å². The first-order chi connectivity index (χ1) is 15.7. The fourth-order valence-electron chi connectivity index (χ4n) is 4.97. The van der Waals surface area contributed by atoms with Gasteiger partial charge in [0.05, 0.1) is 5.39 Å². The molecular weight excluding hydrogens is 386 g/mol. The summed E-state index contributed by atoms with van der Waals surface area (Å²) in [5.74, 6) is 0. The van der Waals surface area contributed by atoms with E-state index in [9.17, 15) is 0 Å². The zero-order valence-electron chi connectivity index (χ0n) is 18.3. The maximum atomic E-state index is 2.38. The summed E-state index contributed by atoms with van der Waals surface area (Å²) in [6.45, 7) is 2.20. The van der Waals surface area contributed by atoms with Crippen LogP contribution in [-0.4, -0.2) is 0 Å². The van der Waals surface area contributed by atoms with Crippen LogP contribution in [0.3, 0.4) is 0 Å². The number of aryl methyl sites for hydroxylation is 2. The Kier molecular flexibility index (Phi) is 4.29. The summed E-state index contributed by atoms with van der Waals surface area (Å²) in [7, 11) is 2.16. The number of aromatic nitrogens is 1. The third-order valence-electron chi connectivity index (χ3n) is 6.62. The van der Waals surface area contributed by atoms with Crippen molar-refractivity contribution in [3.05, 3.63) is 115 Å². The van der Waals surface area contributed by atoms with E-state index >= 15 is 0 Å². The van der Waals surface area contributed by atoms with Crippen LogP contribution in [0.1, 0.15) is 5.56 Å². The third kappa shape index (κ3) is 2.90. The lowest BCUT2D eigenvalue weighted by molar-refractivity contribution is -0.659. The standard InChI is InChI=1S/C31H24N/c1-21-16-17-23(22-10-4-3-5-11-22)18-28(21)31-19-29-26-14-8-6-12-24(26)25-13-7-9-15-27(25)30(29)20-32(31)2/h3-20H,1-2H3/q+1. The molecule has 0 aliphatic rings. The molecule has 0 bridgehead atoms. The second-order valence-electron chi connectivity index (χ2n) is 8.58. The van der Waals surface area contributed by atoms with E-state index in [1.165, 1.54) is 60.3 Å². The summed E-state index contributed by atoms with van der Waals surface area (Å²) >= 11 is 0. The number of hydrogen-bond donors (Lipinski definition) is 0. The highest BCUT2D eigenvalue weighted by Crippen LogP contribution is 2.36. The minimum Gasteiger partial charge on any atom is -0.200 e. The Morgan fingerprint density at radius 2 is 1.06 bits per heavy atom. The molecule has 6 aromatic rings. The van der Waals surface area contributed by atoms with Gasteiger partial charge in [-0.1, -0.05) is 91.0 Å². The fraction of sp³-hybridized carbons (Fsp3) is 0.0645. The van der Waals surface area contributed by atoms with Crippen molar-refractivity contribution in [1.29, 1.82) is 0 Å². The molecule has 0 radical (unpaired) electrons. The van der Waals surface area contributed by atoms with Crippen LogP contribution in [-0.2, 0) is 7.05 Å². The predicted octanol–water partition coefficient (Wildman–Crippen LogP) is 7.61. The molecule has 32 heavy (non-hydrogen) atoms. The average Bonchev–Trinajstić information content (AvgIpc) is 2.85. The Labute approximate surface area is 188 Å². The van der Waals surface area contributed by atoms with E-state index in [0.717, 1.165) is 0 Å². The monoisotopic (exact) mass is 410 g/mol. The second-order valence-corrected chi connectivity index (χ2v) is 8.58. The highest BCUT2D eigenvalue weighted by molar-refractivity contribution is 6.25. The SMILES string of the molecule is Cc1ccc(-c2ccccc2)cc1-c1cc2c3ccccc3c3ccccc3c2c[n+]1C. The molecule has 0 saturated heterocycles. The van der Waals surface area contributed by atoms with E-state index < -0.39 is 0 Å². The van der Waals surface area contributed by atoms with Crippen LogP contribution in [0, 0.1) is 6.92 Å². The number of hydrogen-bond acceptors (Lipinski definition) is 0. The largest absolute Gasteiger partial charge is 0.213 e. The molecule has 0 unspecified atom stereocenters. The Morgan fingerprint density at radius 3 is 1.72 bits per heavy atom. The molecule has 0 fully saturated rings. The van der Waals surface area contributed by atoms with Gasteiger partial charge in [0.2, 0.25) is 5.69 Å². The first-order valence-electron chi connectivity index (χ1n) is 11.1. The van der Waals surface area contributed by atoms with Crippen LogP contribution < -0.4 is 4.57 Å². The highest BCUT2D eigenvalue weighted by Gasteiger charge is 2.18. The van der Waals surface area contributed by atoms with Gasteiger partial charge in [-0.05, 0) is 51.2 Å². The van der Waals surface area contributed by atoms with Gasteiger partial charge in [-0.15, -0.1) is 0 Å². The Morgan fingerprint density at radius 1 is 0.500 bits per heavy atom. The van der Waals surface area contributed by atoms with Crippen LogP contribution in [0.4, 0.5) is 0 Å². The molecule has 6 rings (SSSR count). The molecule has 1 heteroatoms. The van der Waals surface area contributed by atoms with Crippen LogP contribution in [0.5, 0.6) is 0 Å². The lowest BCUT2D eigenvalue weighted by Crippen LogP contribution is -2.30. The fourth-order valence-corrected chi connectivity index (χ4v) is 4.97. The van der Waals surface area contributed by atoms with Gasteiger partial charge in [-0.2, -0.15) is 0 Å². The van der Waals surface area contributed by atoms with Gasteiger partial charge in [0, 0.05) is 17.0 Å². The molecule has 1 heterocycles. The molecule has 0 spiro atoms. The lowest BCUT2D eigenvalue weighted by atomic mass is 9.93. The van der Waals surface area contributed by atoms with Crippen LogP contribution in [0.15, 0.2) is 109 Å². The summed E-state index contributed by atoms with van der Waals surface area (Å²) in [5.41, 5.74) is 6.27. The smallest absolute Gasteiger partial charge is 0.200 e.